The number of aromatic nitrogens is 1. The molecular formula is C18H17N3O4. The maximum absolute atomic E-state index is 12.1. The van der Waals surface area contributed by atoms with E-state index >= 15 is 0 Å². The van der Waals surface area contributed by atoms with Crippen LogP contribution in [-0.4, -0.2) is 27.0 Å². The van der Waals surface area contributed by atoms with E-state index in [0.29, 0.717) is 5.56 Å². The number of aliphatic hydroxyl groups is 1. The largest absolute Gasteiger partial charge is 0.386 e. The molecule has 0 saturated carbocycles. The van der Waals surface area contributed by atoms with Crippen molar-refractivity contribution >= 4 is 22.5 Å². The fourth-order valence-corrected chi connectivity index (χ4v) is 2.77. The number of hydrogen-bond acceptors (Lipinski definition) is 4. The minimum absolute atomic E-state index is 0.0455. The third kappa shape index (κ3) is 3.36. The summed E-state index contributed by atoms with van der Waals surface area (Å²) < 4.78 is 1.92. The summed E-state index contributed by atoms with van der Waals surface area (Å²) >= 11 is 0. The Morgan fingerprint density at radius 1 is 1.24 bits per heavy atom. The Labute approximate surface area is 143 Å². The van der Waals surface area contributed by atoms with E-state index in [9.17, 15) is 20.0 Å². The van der Waals surface area contributed by atoms with Crippen LogP contribution in [0.15, 0.2) is 54.7 Å². The lowest BCUT2D eigenvalue weighted by Gasteiger charge is -2.11. The Morgan fingerprint density at radius 2 is 1.92 bits per heavy atom. The number of carbonyl (C=O) groups is 1. The highest BCUT2D eigenvalue weighted by molar-refractivity contribution is 5.94. The number of hydrogen-bond donors (Lipinski definition) is 2. The Bertz CT molecular complexity index is 931. The molecule has 0 fully saturated rings. The van der Waals surface area contributed by atoms with E-state index in [1.54, 1.807) is 0 Å². The minimum atomic E-state index is -0.854. The van der Waals surface area contributed by atoms with Crippen molar-refractivity contribution in [1.82, 2.24) is 9.88 Å². The summed E-state index contributed by atoms with van der Waals surface area (Å²) in [6, 6.07) is 13.0. The van der Waals surface area contributed by atoms with Gasteiger partial charge in [-0.2, -0.15) is 0 Å². The van der Waals surface area contributed by atoms with Crippen LogP contribution < -0.4 is 5.32 Å². The first-order chi connectivity index (χ1) is 12.0. The van der Waals surface area contributed by atoms with Crippen molar-refractivity contribution in [3.63, 3.8) is 0 Å². The Hall–Kier alpha value is -3.19. The van der Waals surface area contributed by atoms with Crippen molar-refractivity contribution in [2.75, 3.05) is 6.54 Å². The summed E-state index contributed by atoms with van der Waals surface area (Å²) in [4.78, 5) is 22.2. The average Bonchev–Trinajstić information content (AvgIpc) is 2.97. The van der Waals surface area contributed by atoms with Gasteiger partial charge < -0.3 is 15.0 Å². The number of aliphatic hydroxyl groups excluding tert-OH is 1. The molecule has 1 atom stereocenters. The van der Waals surface area contributed by atoms with Gasteiger partial charge >= 0.3 is 0 Å². The maximum Gasteiger partial charge on any atom is 0.269 e. The third-order valence-electron chi connectivity index (χ3n) is 4.08. The first-order valence-corrected chi connectivity index (χ1v) is 7.72. The second kappa shape index (κ2) is 6.74. The number of nitrogens with zero attached hydrogens (tertiary/aromatic N) is 2. The molecule has 3 rings (SSSR count). The van der Waals surface area contributed by atoms with E-state index in [1.807, 2.05) is 42.1 Å². The lowest BCUT2D eigenvalue weighted by molar-refractivity contribution is -0.384. The van der Waals surface area contributed by atoms with Gasteiger partial charge in [-0.25, -0.2) is 0 Å². The number of para-hydroxylation sites is 1. The number of nitrogens with one attached hydrogen (secondary N) is 1. The van der Waals surface area contributed by atoms with Crippen LogP contribution in [0.1, 0.15) is 22.0 Å². The molecular weight excluding hydrogens is 322 g/mol. The zero-order chi connectivity index (χ0) is 18.0. The van der Waals surface area contributed by atoms with Gasteiger partial charge in [-0.05, 0) is 18.2 Å². The van der Waals surface area contributed by atoms with Gasteiger partial charge in [0.25, 0.3) is 11.6 Å². The van der Waals surface area contributed by atoms with Crippen molar-refractivity contribution in [3.05, 3.63) is 76.0 Å². The van der Waals surface area contributed by atoms with Gasteiger partial charge in [0, 0.05) is 54.0 Å². The first kappa shape index (κ1) is 16.7. The predicted molar refractivity (Wildman–Crippen MR) is 93.3 cm³/mol. The van der Waals surface area contributed by atoms with Gasteiger partial charge in [-0.15, -0.1) is 0 Å². The zero-order valence-corrected chi connectivity index (χ0v) is 13.5. The highest BCUT2D eigenvalue weighted by atomic mass is 16.6. The van der Waals surface area contributed by atoms with E-state index in [2.05, 4.69) is 5.32 Å². The number of non-ortho nitro benzene ring substituents is 1. The number of benzene rings is 2. The van der Waals surface area contributed by atoms with Gasteiger partial charge in [0.15, 0.2) is 0 Å². The van der Waals surface area contributed by atoms with Crippen LogP contribution in [0.4, 0.5) is 5.69 Å². The molecule has 128 valence electrons. The molecule has 0 aliphatic carbocycles. The number of nitro benzene ring substituents is 1. The van der Waals surface area contributed by atoms with Crippen LogP contribution in [0, 0.1) is 10.1 Å². The Balaban J connectivity index is 1.70. The molecule has 25 heavy (non-hydrogen) atoms. The van der Waals surface area contributed by atoms with Crippen molar-refractivity contribution in [2.24, 2.45) is 7.05 Å². The van der Waals surface area contributed by atoms with Crippen molar-refractivity contribution < 1.29 is 14.8 Å². The topological polar surface area (TPSA) is 97.4 Å². The molecule has 0 aliphatic heterocycles. The van der Waals surface area contributed by atoms with Gasteiger partial charge in [0.1, 0.15) is 0 Å². The van der Waals surface area contributed by atoms with E-state index < -0.39 is 16.9 Å². The fraction of sp³-hybridized carbons (Fsp3) is 0.167. The second-order valence-electron chi connectivity index (χ2n) is 5.74. The molecule has 1 amide bonds. The maximum atomic E-state index is 12.1. The highest BCUT2D eigenvalue weighted by Gasteiger charge is 2.16. The van der Waals surface area contributed by atoms with Crippen molar-refractivity contribution in [3.8, 4) is 0 Å². The van der Waals surface area contributed by atoms with Crippen LogP contribution in [0.5, 0.6) is 0 Å². The first-order valence-electron chi connectivity index (χ1n) is 7.72. The predicted octanol–water partition coefficient (Wildman–Crippen LogP) is 2.55. The van der Waals surface area contributed by atoms with E-state index in [1.165, 1.54) is 24.3 Å². The zero-order valence-electron chi connectivity index (χ0n) is 13.5. The molecule has 3 aromatic rings. The monoisotopic (exact) mass is 339 g/mol. The number of aryl methyl sites for hydroxylation is 1. The SMILES string of the molecule is Cn1cc(C(O)CNC(=O)c2ccc([N+](=O)[O-])cc2)c2ccccc21. The molecule has 1 aromatic heterocycles. The number of carbonyl (C=O) groups excluding carboxylic acids is 1. The second-order valence-corrected chi connectivity index (χ2v) is 5.74. The number of rotatable bonds is 5. The van der Waals surface area contributed by atoms with Gasteiger partial charge in [-0.3, -0.25) is 14.9 Å². The molecule has 2 aromatic carbocycles. The normalized spacial score (nSPS) is 12.1. The Morgan fingerprint density at radius 3 is 2.60 bits per heavy atom. The molecule has 7 nitrogen and oxygen atoms in total. The fourth-order valence-electron chi connectivity index (χ4n) is 2.77. The Kier molecular flexibility index (Phi) is 4.49. The van der Waals surface area contributed by atoms with Crippen LogP contribution in [-0.2, 0) is 7.05 Å². The molecule has 1 heterocycles. The smallest absolute Gasteiger partial charge is 0.269 e. The van der Waals surface area contributed by atoms with Crippen LogP contribution >= 0.6 is 0 Å². The summed E-state index contributed by atoms with van der Waals surface area (Å²) in [7, 11) is 1.90. The lowest BCUT2D eigenvalue weighted by Crippen LogP contribution is -2.28. The van der Waals surface area contributed by atoms with Crippen molar-refractivity contribution in [1.29, 1.82) is 0 Å². The number of amides is 1. The van der Waals surface area contributed by atoms with E-state index in [0.717, 1.165) is 16.5 Å². The van der Waals surface area contributed by atoms with E-state index in [4.69, 9.17) is 0 Å². The number of fused-ring (bicyclic) bond motifs is 1. The number of nitro groups is 1. The van der Waals surface area contributed by atoms with Gasteiger partial charge in [0.05, 0.1) is 11.0 Å². The molecule has 0 aliphatic rings. The van der Waals surface area contributed by atoms with Gasteiger partial charge in [0.2, 0.25) is 0 Å². The summed E-state index contributed by atoms with van der Waals surface area (Å²) in [5, 5.41) is 24.6. The summed E-state index contributed by atoms with van der Waals surface area (Å²) in [6.07, 6.45) is 0.987. The minimum Gasteiger partial charge on any atom is -0.386 e. The highest BCUT2D eigenvalue weighted by Crippen LogP contribution is 2.25. The molecule has 0 bridgehead atoms. The summed E-state index contributed by atoms with van der Waals surface area (Å²) in [5.74, 6) is -0.394. The molecule has 0 saturated heterocycles. The molecule has 7 heteroatoms. The quantitative estimate of drug-likeness (QED) is 0.551. The molecule has 0 spiro atoms. The summed E-state index contributed by atoms with van der Waals surface area (Å²) in [5.41, 5.74) is 1.96. The molecule has 1 unspecified atom stereocenters. The van der Waals surface area contributed by atoms with Crippen LogP contribution in [0.3, 0.4) is 0 Å². The average molecular weight is 339 g/mol. The van der Waals surface area contributed by atoms with Crippen LogP contribution in [0.2, 0.25) is 0 Å². The van der Waals surface area contributed by atoms with Gasteiger partial charge in [-0.1, -0.05) is 18.2 Å². The van der Waals surface area contributed by atoms with Crippen molar-refractivity contribution in [2.45, 2.75) is 6.10 Å². The summed E-state index contributed by atoms with van der Waals surface area (Å²) in [6.45, 7) is 0.0455. The van der Waals surface area contributed by atoms with E-state index in [-0.39, 0.29) is 12.2 Å². The molecule has 2 N–H and O–H groups in total. The lowest BCUT2D eigenvalue weighted by atomic mass is 10.1. The molecule has 0 radical (unpaired) electrons. The third-order valence-corrected chi connectivity index (χ3v) is 4.08. The van der Waals surface area contributed by atoms with Crippen LogP contribution in [0.25, 0.3) is 10.9 Å². The standard InChI is InChI=1S/C18H17N3O4/c1-20-11-15(14-4-2-3-5-16(14)20)17(22)10-19-18(23)12-6-8-13(9-7-12)21(24)25/h2-9,11,17,22H,10H2,1H3,(H,19,23).